The van der Waals surface area contributed by atoms with E-state index < -0.39 is 0 Å². The van der Waals surface area contributed by atoms with Gasteiger partial charge in [0.15, 0.2) is 0 Å². The minimum absolute atomic E-state index is 0.743. The van der Waals surface area contributed by atoms with Crippen LogP contribution in [0.2, 0.25) is 0 Å². The fraction of sp³-hybridized carbons (Fsp3) is 0.0769. The molecule has 0 fully saturated rings. The molecule has 1 aromatic heterocycles. The largest absolute Gasteiger partial charge is 0.338 e. The first kappa shape index (κ1) is 10.4. The zero-order valence-corrected chi connectivity index (χ0v) is 9.98. The number of H-pyrrole nitrogens is 1. The van der Waals surface area contributed by atoms with Crippen LogP contribution in [0, 0.1) is 0 Å². The lowest BCUT2D eigenvalue weighted by atomic mass is 10.2. The van der Waals surface area contributed by atoms with Gasteiger partial charge >= 0.3 is 0 Å². The summed E-state index contributed by atoms with van der Waals surface area (Å²) in [5.74, 6) is 0.853. The summed E-state index contributed by atoms with van der Waals surface area (Å²) >= 11 is 4.23. The lowest BCUT2D eigenvalue weighted by Crippen LogP contribution is -1.88. The number of benzene rings is 1. The van der Waals surface area contributed by atoms with Crippen LogP contribution < -0.4 is 0 Å². The molecule has 0 bridgehead atoms. The number of nitrogens with one attached hydrogen (secondary N) is 1. The number of aromatic amines is 1. The Labute approximate surface area is 104 Å². The summed E-state index contributed by atoms with van der Waals surface area (Å²) in [5, 5.41) is 0.743. The first-order valence-corrected chi connectivity index (χ1v) is 5.86. The van der Waals surface area contributed by atoms with E-state index in [-0.39, 0.29) is 0 Å². The Morgan fingerprint density at radius 3 is 2.94 bits per heavy atom. The van der Waals surface area contributed by atoms with Gasteiger partial charge < -0.3 is 4.98 Å². The summed E-state index contributed by atoms with van der Waals surface area (Å²) in [5.41, 5.74) is 3.02. The molecule has 1 aliphatic rings. The van der Waals surface area contributed by atoms with Crippen LogP contribution in [0.4, 0.5) is 0 Å². The van der Waals surface area contributed by atoms with Crippen molar-refractivity contribution in [1.29, 1.82) is 0 Å². The molecule has 1 aliphatic heterocycles. The van der Waals surface area contributed by atoms with Gasteiger partial charge in [-0.15, -0.1) is 12.6 Å². The van der Waals surface area contributed by atoms with Crippen LogP contribution in [0.1, 0.15) is 12.2 Å². The SMILES string of the molecule is SC1=CCC=C(c2nc3ccccc3[nH]2)C=N1. The molecule has 0 saturated carbocycles. The quantitative estimate of drug-likeness (QED) is 0.740. The standard InChI is InChI=1S/C13H11N3S/c17-12-7-3-4-9(8-14-12)13-15-10-5-1-2-6-11(10)16-13/h1-2,4-8,17H,3H2,(H,15,16). The molecular formula is C13H11N3S. The molecule has 0 saturated heterocycles. The smallest absolute Gasteiger partial charge is 0.139 e. The second-order valence-electron chi connectivity index (χ2n) is 3.82. The molecule has 4 heteroatoms. The Balaban J connectivity index is 2.04. The van der Waals surface area contributed by atoms with Gasteiger partial charge in [-0.05, 0) is 24.6 Å². The average molecular weight is 241 g/mol. The van der Waals surface area contributed by atoms with Crippen LogP contribution in [-0.2, 0) is 0 Å². The van der Waals surface area contributed by atoms with Crippen LogP contribution in [0.15, 0.2) is 46.4 Å². The highest BCUT2D eigenvalue weighted by Gasteiger charge is 2.06. The molecule has 3 rings (SSSR count). The molecule has 0 unspecified atom stereocenters. The number of hydrogen-bond acceptors (Lipinski definition) is 3. The van der Waals surface area contributed by atoms with Gasteiger partial charge in [-0.2, -0.15) is 0 Å². The van der Waals surface area contributed by atoms with Gasteiger partial charge in [0.1, 0.15) is 5.82 Å². The highest BCUT2D eigenvalue weighted by atomic mass is 32.1. The van der Waals surface area contributed by atoms with Gasteiger partial charge in [0.05, 0.1) is 16.1 Å². The highest BCUT2D eigenvalue weighted by molar-refractivity contribution is 7.84. The van der Waals surface area contributed by atoms with Crippen LogP contribution in [0.5, 0.6) is 0 Å². The number of rotatable bonds is 1. The zero-order valence-electron chi connectivity index (χ0n) is 9.09. The number of nitrogens with zero attached hydrogens (tertiary/aromatic N) is 2. The number of thiol groups is 1. The van der Waals surface area contributed by atoms with Crippen LogP contribution in [0.3, 0.4) is 0 Å². The van der Waals surface area contributed by atoms with E-state index in [1.807, 2.05) is 30.3 Å². The van der Waals surface area contributed by atoms with Gasteiger partial charge in [-0.3, -0.25) is 0 Å². The predicted molar refractivity (Wildman–Crippen MR) is 74.2 cm³/mol. The first-order valence-electron chi connectivity index (χ1n) is 5.41. The number of fused-ring (bicyclic) bond motifs is 1. The van der Waals surface area contributed by atoms with E-state index in [0.717, 1.165) is 33.9 Å². The van der Waals surface area contributed by atoms with E-state index in [0.29, 0.717) is 0 Å². The van der Waals surface area contributed by atoms with Crippen LogP contribution in [0.25, 0.3) is 16.6 Å². The fourth-order valence-electron chi connectivity index (χ4n) is 1.78. The molecule has 0 atom stereocenters. The number of aromatic nitrogens is 2. The monoisotopic (exact) mass is 241 g/mol. The third-order valence-corrected chi connectivity index (χ3v) is 2.93. The minimum Gasteiger partial charge on any atom is -0.338 e. The van der Waals surface area contributed by atoms with Crippen molar-refractivity contribution in [3.63, 3.8) is 0 Å². The van der Waals surface area contributed by atoms with E-state index >= 15 is 0 Å². The van der Waals surface area contributed by atoms with E-state index in [9.17, 15) is 0 Å². The highest BCUT2D eigenvalue weighted by Crippen LogP contribution is 2.19. The second-order valence-corrected chi connectivity index (χ2v) is 4.28. The summed E-state index contributed by atoms with van der Waals surface area (Å²) in [6.45, 7) is 0. The summed E-state index contributed by atoms with van der Waals surface area (Å²) in [6.07, 6.45) is 6.68. The van der Waals surface area contributed by atoms with Crippen molar-refractivity contribution >= 4 is 35.4 Å². The van der Waals surface area contributed by atoms with E-state index in [1.165, 1.54) is 0 Å². The van der Waals surface area contributed by atoms with E-state index in [1.54, 1.807) is 6.21 Å². The Morgan fingerprint density at radius 2 is 2.06 bits per heavy atom. The Hall–Kier alpha value is -1.81. The molecule has 0 radical (unpaired) electrons. The van der Waals surface area contributed by atoms with Crippen LogP contribution >= 0.6 is 12.6 Å². The number of aliphatic imine (C=N–C) groups is 1. The van der Waals surface area contributed by atoms with E-state index in [2.05, 4.69) is 33.7 Å². The van der Waals surface area contributed by atoms with Crippen LogP contribution in [-0.4, -0.2) is 16.2 Å². The summed E-state index contributed by atoms with van der Waals surface area (Å²) in [6, 6.07) is 7.98. The maximum Gasteiger partial charge on any atom is 0.139 e. The molecule has 0 amide bonds. The second kappa shape index (κ2) is 4.22. The van der Waals surface area contributed by atoms with Crippen molar-refractivity contribution in [3.8, 4) is 0 Å². The lowest BCUT2D eigenvalue weighted by Gasteiger charge is -1.93. The molecule has 1 aromatic carbocycles. The maximum atomic E-state index is 4.54. The number of allylic oxidation sites excluding steroid dienone is 3. The number of imidazole rings is 1. The molecule has 2 heterocycles. The minimum atomic E-state index is 0.743. The van der Waals surface area contributed by atoms with Gasteiger partial charge in [0.2, 0.25) is 0 Å². The molecule has 1 N–H and O–H groups in total. The van der Waals surface area contributed by atoms with Crippen molar-refractivity contribution < 1.29 is 0 Å². The van der Waals surface area contributed by atoms with Crippen molar-refractivity contribution in [2.75, 3.05) is 0 Å². The fourth-order valence-corrected chi connectivity index (χ4v) is 1.94. The molecule has 2 aromatic rings. The molecule has 0 spiro atoms. The van der Waals surface area contributed by atoms with Crippen molar-refractivity contribution in [3.05, 3.63) is 47.3 Å². The van der Waals surface area contributed by atoms with Crippen molar-refractivity contribution in [2.24, 2.45) is 4.99 Å². The predicted octanol–water partition coefficient (Wildman–Crippen LogP) is 3.19. The topological polar surface area (TPSA) is 41.0 Å². The maximum absolute atomic E-state index is 4.54. The Morgan fingerprint density at radius 1 is 1.18 bits per heavy atom. The van der Waals surface area contributed by atoms with Gasteiger partial charge in [-0.1, -0.05) is 18.2 Å². The summed E-state index contributed by atoms with van der Waals surface area (Å²) in [7, 11) is 0. The third-order valence-electron chi connectivity index (χ3n) is 2.64. The molecular weight excluding hydrogens is 230 g/mol. The van der Waals surface area contributed by atoms with Crippen molar-refractivity contribution in [2.45, 2.75) is 6.42 Å². The molecule has 17 heavy (non-hydrogen) atoms. The van der Waals surface area contributed by atoms with Gasteiger partial charge in [-0.25, -0.2) is 9.98 Å². The number of hydrogen-bond donors (Lipinski definition) is 2. The van der Waals surface area contributed by atoms with Gasteiger partial charge in [0, 0.05) is 11.8 Å². The summed E-state index contributed by atoms with van der Waals surface area (Å²) < 4.78 is 0. The Bertz CT molecular complexity index is 616. The third kappa shape index (κ3) is 2.03. The lowest BCUT2D eigenvalue weighted by molar-refractivity contribution is 1.27. The number of para-hydroxylation sites is 2. The Kier molecular flexibility index (Phi) is 2.57. The average Bonchev–Trinajstić information content (AvgIpc) is 2.65. The molecule has 0 aliphatic carbocycles. The summed E-state index contributed by atoms with van der Waals surface area (Å²) in [4.78, 5) is 12.1. The first-order chi connectivity index (χ1) is 8.33. The van der Waals surface area contributed by atoms with Crippen molar-refractivity contribution in [1.82, 2.24) is 9.97 Å². The normalized spacial score (nSPS) is 15.6. The molecule has 84 valence electrons. The zero-order chi connectivity index (χ0) is 11.7. The molecule has 3 nitrogen and oxygen atoms in total. The van der Waals surface area contributed by atoms with E-state index in [4.69, 9.17) is 0 Å². The van der Waals surface area contributed by atoms with Gasteiger partial charge in [0.25, 0.3) is 0 Å².